The van der Waals surface area contributed by atoms with Crippen LogP contribution < -0.4 is 4.90 Å². The largest absolute Gasteiger partial charge is 0.311 e. The van der Waals surface area contributed by atoms with Crippen molar-refractivity contribution in [2.24, 2.45) is 0 Å². The number of aromatic nitrogens is 1. The third kappa shape index (κ3) is 6.66. The predicted octanol–water partition coefficient (Wildman–Crippen LogP) is 19.3. The van der Waals surface area contributed by atoms with Crippen LogP contribution in [0.2, 0.25) is 0 Å². The van der Waals surface area contributed by atoms with E-state index in [0.29, 0.717) is 0 Å². The van der Waals surface area contributed by atoms with Crippen LogP contribution >= 0.6 is 0 Å². The summed E-state index contributed by atoms with van der Waals surface area (Å²) in [6.45, 7) is 0. The van der Waals surface area contributed by atoms with Gasteiger partial charge in [0.15, 0.2) is 0 Å². The number of anilines is 3. The van der Waals surface area contributed by atoms with E-state index in [-0.39, 0.29) is 0 Å². The van der Waals surface area contributed by atoms with Crippen molar-refractivity contribution in [2.45, 2.75) is 5.41 Å². The third-order valence-electron chi connectivity index (χ3n) is 16.0. The smallest absolute Gasteiger partial charge is 0.0726 e. The third-order valence-corrected chi connectivity index (χ3v) is 16.0. The van der Waals surface area contributed by atoms with Crippen molar-refractivity contribution in [3.63, 3.8) is 0 Å². The second kappa shape index (κ2) is 17.2. The minimum absolute atomic E-state index is 0.530. The number of para-hydroxylation sites is 1. The second-order valence-corrected chi connectivity index (χ2v) is 20.0. The molecule has 0 bridgehead atoms. The highest BCUT2D eigenvalue weighted by molar-refractivity contribution is 6.11. The molecule has 0 N–H and O–H groups in total. The first-order chi connectivity index (χ1) is 37.2. The van der Waals surface area contributed by atoms with Gasteiger partial charge in [-0.2, -0.15) is 0 Å². The van der Waals surface area contributed by atoms with Crippen molar-refractivity contribution in [1.29, 1.82) is 0 Å². The maximum absolute atomic E-state index is 2.52. The number of fused-ring (bicyclic) bond motifs is 13. The zero-order valence-corrected chi connectivity index (χ0v) is 41.1. The number of hydrogen-bond donors (Lipinski definition) is 0. The van der Waals surface area contributed by atoms with Crippen molar-refractivity contribution in [1.82, 2.24) is 4.57 Å². The highest BCUT2D eigenvalue weighted by atomic mass is 15.1. The van der Waals surface area contributed by atoms with Crippen molar-refractivity contribution >= 4 is 38.9 Å². The van der Waals surface area contributed by atoms with Gasteiger partial charge in [0.25, 0.3) is 0 Å². The molecule has 0 amide bonds. The molecule has 0 saturated heterocycles. The van der Waals surface area contributed by atoms with E-state index in [9.17, 15) is 0 Å². The van der Waals surface area contributed by atoms with Crippen LogP contribution in [0.3, 0.4) is 0 Å². The topological polar surface area (TPSA) is 8.17 Å². The quantitative estimate of drug-likeness (QED) is 0.147. The Labute approximate surface area is 437 Å². The Morgan fingerprint density at radius 2 is 0.667 bits per heavy atom. The Bertz CT molecular complexity index is 4180. The molecule has 2 aliphatic rings. The summed E-state index contributed by atoms with van der Waals surface area (Å²) in [6, 6.07) is 107. The van der Waals surface area contributed by atoms with E-state index in [2.05, 4.69) is 301 Å². The minimum atomic E-state index is -0.530. The molecule has 0 saturated carbocycles. The molecule has 12 aromatic carbocycles. The van der Waals surface area contributed by atoms with Crippen molar-refractivity contribution in [2.75, 3.05) is 4.90 Å². The van der Waals surface area contributed by atoms with Crippen LogP contribution in [0, 0.1) is 0 Å². The molecular formula is C73H48N2. The van der Waals surface area contributed by atoms with Gasteiger partial charge in [-0.3, -0.25) is 0 Å². The molecule has 75 heavy (non-hydrogen) atoms. The Hall–Kier alpha value is -9.76. The lowest BCUT2D eigenvalue weighted by Crippen LogP contribution is -2.26. The first-order valence-electron chi connectivity index (χ1n) is 26.0. The van der Waals surface area contributed by atoms with Gasteiger partial charge in [0.05, 0.1) is 22.1 Å². The van der Waals surface area contributed by atoms with Crippen LogP contribution in [0.4, 0.5) is 17.1 Å². The predicted molar refractivity (Wildman–Crippen MR) is 314 cm³/mol. The van der Waals surface area contributed by atoms with Gasteiger partial charge < -0.3 is 9.47 Å². The molecule has 2 nitrogen and oxygen atoms in total. The lowest BCUT2D eigenvalue weighted by Gasteiger charge is -2.31. The van der Waals surface area contributed by atoms with Gasteiger partial charge >= 0.3 is 0 Å². The van der Waals surface area contributed by atoms with E-state index in [1.807, 2.05) is 0 Å². The van der Waals surface area contributed by atoms with E-state index >= 15 is 0 Å². The van der Waals surface area contributed by atoms with E-state index < -0.39 is 5.41 Å². The maximum atomic E-state index is 2.52. The Morgan fingerprint density at radius 1 is 0.253 bits per heavy atom. The summed E-state index contributed by atoms with van der Waals surface area (Å²) < 4.78 is 2.52. The number of nitrogens with zero attached hydrogens (tertiary/aromatic N) is 2. The molecule has 0 atom stereocenters. The van der Waals surface area contributed by atoms with Crippen LogP contribution in [-0.2, 0) is 5.41 Å². The first kappa shape index (κ1) is 42.9. The molecule has 13 aromatic rings. The fourth-order valence-electron chi connectivity index (χ4n) is 12.7. The Morgan fingerprint density at radius 3 is 1.24 bits per heavy atom. The molecule has 0 fully saturated rings. The van der Waals surface area contributed by atoms with Crippen LogP contribution in [0.15, 0.2) is 291 Å². The van der Waals surface area contributed by atoms with Crippen molar-refractivity contribution in [3.05, 3.63) is 313 Å². The lowest BCUT2D eigenvalue weighted by molar-refractivity contribution is 0.793. The lowest BCUT2D eigenvalue weighted by atomic mass is 9.70. The van der Waals surface area contributed by atoms with Gasteiger partial charge in [0, 0.05) is 33.4 Å². The fraction of sp³-hybridized carbons (Fsp3) is 0.0137. The van der Waals surface area contributed by atoms with Gasteiger partial charge in [0.2, 0.25) is 0 Å². The van der Waals surface area contributed by atoms with E-state index in [0.717, 1.165) is 17.1 Å². The maximum Gasteiger partial charge on any atom is 0.0726 e. The Balaban J connectivity index is 0.890. The highest BCUT2D eigenvalue weighted by Crippen LogP contribution is 2.64. The summed E-state index contributed by atoms with van der Waals surface area (Å²) in [4.78, 5) is 2.37. The number of rotatable bonds is 8. The average Bonchev–Trinajstić information content (AvgIpc) is 4.32. The summed E-state index contributed by atoms with van der Waals surface area (Å²) in [5, 5.41) is 2.50. The molecule has 350 valence electrons. The van der Waals surface area contributed by atoms with Gasteiger partial charge in [-0.15, -0.1) is 0 Å². The molecule has 15 rings (SSSR count). The van der Waals surface area contributed by atoms with Gasteiger partial charge in [-0.1, -0.05) is 224 Å². The van der Waals surface area contributed by atoms with Crippen LogP contribution in [0.25, 0.3) is 94.3 Å². The summed E-state index contributed by atoms with van der Waals surface area (Å²) in [5.74, 6) is 0. The van der Waals surface area contributed by atoms with Crippen LogP contribution in [-0.4, -0.2) is 4.57 Å². The summed E-state index contributed by atoms with van der Waals surface area (Å²) in [7, 11) is 0. The molecular weight excluding hydrogens is 905 g/mol. The monoisotopic (exact) mass is 952 g/mol. The minimum Gasteiger partial charge on any atom is -0.311 e. The normalized spacial score (nSPS) is 12.6. The molecule has 1 aromatic heterocycles. The Kier molecular flexibility index (Phi) is 9.83. The fourth-order valence-corrected chi connectivity index (χ4v) is 12.7. The van der Waals surface area contributed by atoms with E-state index in [4.69, 9.17) is 0 Å². The van der Waals surface area contributed by atoms with E-state index in [1.54, 1.807) is 0 Å². The summed E-state index contributed by atoms with van der Waals surface area (Å²) >= 11 is 0. The number of benzene rings is 12. The van der Waals surface area contributed by atoms with Crippen LogP contribution in [0.1, 0.15) is 22.3 Å². The molecule has 2 aliphatic carbocycles. The van der Waals surface area contributed by atoms with Crippen molar-refractivity contribution in [3.8, 4) is 72.4 Å². The van der Waals surface area contributed by atoms with Crippen molar-refractivity contribution < 1.29 is 0 Å². The molecule has 1 spiro atoms. The summed E-state index contributed by atoms with van der Waals surface area (Å²) in [6.07, 6.45) is 0. The van der Waals surface area contributed by atoms with E-state index in [1.165, 1.54) is 117 Å². The van der Waals surface area contributed by atoms with Crippen LogP contribution in [0.5, 0.6) is 0 Å². The second-order valence-electron chi connectivity index (χ2n) is 20.0. The first-order valence-corrected chi connectivity index (χ1v) is 26.0. The van der Waals surface area contributed by atoms with Gasteiger partial charge in [-0.25, -0.2) is 0 Å². The average molecular weight is 953 g/mol. The van der Waals surface area contributed by atoms with Gasteiger partial charge in [0.1, 0.15) is 0 Å². The summed E-state index contributed by atoms with van der Waals surface area (Å²) in [5.41, 5.74) is 26.4. The number of hydrogen-bond acceptors (Lipinski definition) is 1. The molecule has 0 aliphatic heterocycles. The standard InChI is InChI=1S/C73H48N2/c1-4-17-49(18-5-1)52-31-39-57(40-32-52)74(58-41-33-53(34-42-58)50-19-6-2-7-20-50)59-43-35-54(36-44-59)56-37-45-63-68(48-56)73(65-26-13-10-23-60(65)61-24-11-14-27-66(61)73)67-28-16-30-71(72(63)67)75-69-29-15-12-25-62(69)64-47-55(38-46-70(64)75)51-21-8-3-9-22-51/h1-48H. The molecule has 0 radical (unpaired) electrons. The molecule has 0 unspecified atom stereocenters. The van der Waals surface area contributed by atoms with Gasteiger partial charge in [-0.05, 0) is 150 Å². The zero-order chi connectivity index (χ0) is 49.5. The molecule has 2 heteroatoms. The zero-order valence-electron chi connectivity index (χ0n) is 41.1. The SMILES string of the molecule is c1ccc(-c2ccc(N(c3ccc(-c4ccccc4)cc3)c3ccc(-c4ccc5c(c4)C4(c6ccccc6-c6ccccc64)c4cccc(-n6c7ccccc7c7cc(-c8ccccc8)ccc76)c4-5)cc3)cc2)cc1. The highest BCUT2D eigenvalue weighted by Gasteiger charge is 2.52. The molecule has 1 heterocycles.